The Morgan fingerprint density at radius 1 is 1.00 bits per heavy atom. The first-order valence-electron chi connectivity index (χ1n) is 9.26. The molecule has 1 aromatic carbocycles. The van der Waals surface area contributed by atoms with Gasteiger partial charge < -0.3 is 4.52 Å². The summed E-state index contributed by atoms with van der Waals surface area (Å²) >= 11 is 1.69. The number of aryl methyl sites for hydroxylation is 1. The lowest BCUT2D eigenvalue weighted by Crippen LogP contribution is -2.30. The third-order valence-corrected chi connectivity index (χ3v) is 5.93. The van der Waals surface area contributed by atoms with Gasteiger partial charge >= 0.3 is 0 Å². The molecule has 0 aliphatic carbocycles. The van der Waals surface area contributed by atoms with Gasteiger partial charge in [-0.1, -0.05) is 35.5 Å². The number of hydrogen-bond donors (Lipinski definition) is 0. The first kappa shape index (κ1) is 17.5. The quantitative estimate of drug-likeness (QED) is 0.668. The average Bonchev–Trinajstić information content (AvgIpc) is 3.28. The molecule has 0 atom stereocenters. The van der Waals surface area contributed by atoms with Crippen LogP contribution in [0.15, 0.2) is 52.4 Å². The molecular weight excluding hydrogens is 342 g/mol. The van der Waals surface area contributed by atoms with Gasteiger partial charge in [-0.15, -0.1) is 11.3 Å². The van der Waals surface area contributed by atoms with Crippen molar-refractivity contribution >= 4 is 11.3 Å². The van der Waals surface area contributed by atoms with E-state index in [0.717, 1.165) is 55.6 Å². The largest absolute Gasteiger partial charge is 0.355 e. The molecule has 136 valence electrons. The van der Waals surface area contributed by atoms with Crippen molar-refractivity contribution < 1.29 is 4.52 Å². The van der Waals surface area contributed by atoms with Crippen LogP contribution in [0.2, 0.25) is 0 Å². The van der Waals surface area contributed by atoms with Crippen molar-refractivity contribution in [2.75, 3.05) is 26.2 Å². The van der Waals surface area contributed by atoms with Gasteiger partial charge in [0.1, 0.15) is 0 Å². The zero-order valence-corrected chi connectivity index (χ0v) is 16.0. The first-order valence-corrected chi connectivity index (χ1v) is 10.1. The van der Waals surface area contributed by atoms with Gasteiger partial charge in [0.15, 0.2) is 5.76 Å². The van der Waals surface area contributed by atoms with Crippen LogP contribution in [0.5, 0.6) is 0 Å². The maximum absolute atomic E-state index is 5.52. The van der Waals surface area contributed by atoms with Gasteiger partial charge in [-0.05, 0) is 49.0 Å². The van der Waals surface area contributed by atoms with Crippen molar-refractivity contribution in [1.29, 1.82) is 0 Å². The van der Waals surface area contributed by atoms with Crippen molar-refractivity contribution in [2.24, 2.45) is 0 Å². The summed E-state index contributed by atoms with van der Waals surface area (Å²) in [5.74, 6) is 0.881. The molecule has 1 aliphatic heterocycles. The molecule has 2 aromatic heterocycles. The number of rotatable bonds is 5. The zero-order chi connectivity index (χ0) is 17.8. The molecule has 26 heavy (non-hydrogen) atoms. The predicted molar refractivity (Wildman–Crippen MR) is 106 cm³/mol. The summed E-state index contributed by atoms with van der Waals surface area (Å²) in [4.78, 5) is 6.21. The molecule has 3 aromatic rings. The second-order valence-corrected chi connectivity index (χ2v) is 7.94. The number of aromatic nitrogens is 1. The molecule has 0 N–H and O–H groups in total. The Morgan fingerprint density at radius 2 is 1.81 bits per heavy atom. The van der Waals surface area contributed by atoms with E-state index in [1.807, 2.05) is 6.07 Å². The maximum atomic E-state index is 5.52. The van der Waals surface area contributed by atoms with E-state index in [9.17, 15) is 0 Å². The van der Waals surface area contributed by atoms with Crippen LogP contribution in [0.3, 0.4) is 0 Å². The summed E-state index contributed by atoms with van der Waals surface area (Å²) in [5.41, 5.74) is 3.86. The molecule has 0 radical (unpaired) electrons. The SMILES string of the molecule is Cc1ccccc1CN1CCCN(Cc2cc(-c3cccs3)on2)CC1. The topological polar surface area (TPSA) is 32.5 Å². The summed E-state index contributed by atoms with van der Waals surface area (Å²) in [6.07, 6.45) is 1.20. The van der Waals surface area contributed by atoms with E-state index in [-0.39, 0.29) is 0 Å². The van der Waals surface area contributed by atoms with E-state index >= 15 is 0 Å². The van der Waals surface area contributed by atoms with Crippen LogP contribution in [-0.4, -0.2) is 41.1 Å². The van der Waals surface area contributed by atoms with Gasteiger partial charge in [0.05, 0.1) is 10.6 Å². The minimum absolute atomic E-state index is 0.868. The fourth-order valence-corrected chi connectivity index (χ4v) is 4.19. The zero-order valence-electron chi connectivity index (χ0n) is 15.2. The van der Waals surface area contributed by atoms with Gasteiger partial charge in [-0.2, -0.15) is 0 Å². The van der Waals surface area contributed by atoms with Crippen LogP contribution < -0.4 is 0 Å². The van der Waals surface area contributed by atoms with Gasteiger partial charge in [0.2, 0.25) is 0 Å². The van der Waals surface area contributed by atoms with E-state index in [0.29, 0.717) is 0 Å². The van der Waals surface area contributed by atoms with Crippen molar-refractivity contribution in [3.05, 3.63) is 64.7 Å². The van der Waals surface area contributed by atoms with Crippen LogP contribution in [-0.2, 0) is 13.1 Å². The molecule has 4 nitrogen and oxygen atoms in total. The second-order valence-electron chi connectivity index (χ2n) is 6.99. The van der Waals surface area contributed by atoms with Gasteiger partial charge in [-0.3, -0.25) is 9.80 Å². The fourth-order valence-electron chi connectivity index (χ4n) is 3.52. The van der Waals surface area contributed by atoms with Crippen molar-refractivity contribution in [3.63, 3.8) is 0 Å². The Balaban J connectivity index is 1.33. The fraction of sp³-hybridized carbons (Fsp3) is 0.381. The van der Waals surface area contributed by atoms with E-state index in [4.69, 9.17) is 4.52 Å². The molecular formula is C21H25N3OS. The number of hydrogen-bond acceptors (Lipinski definition) is 5. The highest BCUT2D eigenvalue weighted by Crippen LogP contribution is 2.25. The Hall–Kier alpha value is -1.95. The minimum Gasteiger partial charge on any atom is -0.355 e. The summed E-state index contributed by atoms with van der Waals surface area (Å²) < 4.78 is 5.52. The third-order valence-electron chi connectivity index (χ3n) is 5.04. The monoisotopic (exact) mass is 367 g/mol. The highest BCUT2D eigenvalue weighted by Gasteiger charge is 2.17. The summed E-state index contributed by atoms with van der Waals surface area (Å²) in [5, 5.41) is 6.34. The lowest BCUT2D eigenvalue weighted by molar-refractivity contribution is 0.242. The Bertz CT molecular complexity index is 827. The van der Waals surface area contributed by atoms with Crippen LogP contribution in [0.4, 0.5) is 0 Å². The second kappa shape index (κ2) is 8.16. The smallest absolute Gasteiger partial charge is 0.177 e. The van der Waals surface area contributed by atoms with Crippen LogP contribution in [0, 0.1) is 6.92 Å². The molecule has 0 unspecified atom stereocenters. The summed E-state index contributed by atoms with van der Waals surface area (Å²) in [6, 6.07) is 14.9. The van der Waals surface area contributed by atoms with Crippen molar-refractivity contribution in [3.8, 4) is 10.6 Å². The molecule has 0 spiro atoms. The van der Waals surface area contributed by atoms with E-state index < -0.39 is 0 Å². The van der Waals surface area contributed by atoms with Gasteiger partial charge in [0.25, 0.3) is 0 Å². The molecule has 1 fully saturated rings. The summed E-state index contributed by atoms with van der Waals surface area (Å²) in [6.45, 7) is 8.57. The van der Waals surface area contributed by atoms with E-state index in [1.165, 1.54) is 17.5 Å². The normalized spacial score (nSPS) is 16.7. The predicted octanol–water partition coefficient (Wildman–Crippen LogP) is 4.42. The van der Waals surface area contributed by atoms with E-state index in [2.05, 4.69) is 63.7 Å². The highest BCUT2D eigenvalue weighted by molar-refractivity contribution is 7.13. The third kappa shape index (κ3) is 4.23. The molecule has 4 rings (SSSR count). The van der Waals surface area contributed by atoms with E-state index in [1.54, 1.807) is 11.3 Å². The lowest BCUT2D eigenvalue weighted by atomic mass is 10.1. The molecule has 1 saturated heterocycles. The van der Waals surface area contributed by atoms with Crippen molar-refractivity contribution in [2.45, 2.75) is 26.4 Å². The number of benzene rings is 1. The Labute approximate surface area is 159 Å². The van der Waals surface area contributed by atoms with Gasteiger partial charge in [-0.25, -0.2) is 0 Å². The van der Waals surface area contributed by atoms with Gasteiger partial charge in [0, 0.05) is 32.2 Å². The summed E-state index contributed by atoms with van der Waals surface area (Å²) in [7, 11) is 0. The Morgan fingerprint density at radius 3 is 2.58 bits per heavy atom. The number of nitrogens with zero attached hydrogens (tertiary/aromatic N) is 3. The molecule has 1 aliphatic rings. The Kier molecular flexibility index (Phi) is 5.48. The molecule has 0 saturated carbocycles. The lowest BCUT2D eigenvalue weighted by Gasteiger charge is -2.22. The molecule has 0 bridgehead atoms. The van der Waals surface area contributed by atoms with Crippen LogP contribution in [0.1, 0.15) is 23.2 Å². The van der Waals surface area contributed by atoms with Crippen LogP contribution >= 0.6 is 11.3 Å². The maximum Gasteiger partial charge on any atom is 0.177 e. The van der Waals surface area contributed by atoms with Crippen molar-refractivity contribution in [1.82, 2.24) is 15.0 Å². The molecule has 3 heterocycles. The molecule has 5 heteroatoms. The average molecular weight is 368 g/mol. The molecule has 0 amide bonds. The minimum atomic E-state index is 0.868. The first-order chi connectivity index (χ1) is 12.8. The van der Waals surface area contributed by atoms with Crippen LogP contribution in [0.25, 0.3) is 10.6 Å². The highest BCUT2D eigenvalue weighted by atomic mass is 32.1. The number of thiophene rings is 1. The standard InChI is InChI=1S/C21H25N3OS/c1-17-6-2-3-7-18(17)15-23-9-5-10-24(12-11-23)16-19-14-20(25-22-19)21-8-4-13-26-21/h2-4,6-8,13-14H,5,9-12,15-16H2,1H3.